The predicted octanol–water partition coefficient (Wildman–Crippen LogP) is 3.60. The van der Waals surface area contributed by atoms with Crippen LogP contribution in [0.3, 0.4) is 0 Å². The van der Waals surface area contributed by atoms with Gasteiger partial charge in [-0.2, -0.15) is 0 Å². The van der Waals surface area contributed by atoms with Gasteiger partial charge in [0, 0.05) is 16.3 Å². The van der Waals surface area contributed by atoms with E-state index in [1.807, 2.05) is 36.6 Å². The molecule has 19 heavy (non-hydrogen) atoms. The highest BCUT2D eigenvalue weighted by molar-refractivity contribution is 7.10. The van der Waals surface area contributed by atoms with Gasteiger partial charge in [0.05, 0.1) is 6.04 Å². The van der Waals surface area contributed by atoms with Crippen molar-refractivity contribution in [2.75, 3.05) is 11.1 Å². The molecule has 1 aromatic carbocycles. The monoisotopic (exact) mass is 275 g/mol. The molecule has 0 radical (unpaired) electrons. The molecule has 0 saturated carbocycles. The minimum absolute atomic E-state index is 0.0426. The van der Waals surface area contributed by atoms with E-state index in [1.165, 1.54) is 0 Å². The maximum absolute atomic E-state index is 11.9. The van der Waals surface area contributed by atoms with Crippen LogP contribution in [0.2, 0.25) is 0 Å². The van der Waals surface area contributed by atoms with Gasteiger partial charge in [-0.15, -0.1) is 11.3 Å². The van der Waals surface area contributed by atoms with Crippen molar-refractivity contribution in [1.29, 1.82) is 0 Å². The second-order valence-electron chi connectivity index (χ2n) is 4.20. The number of hydrogen-bond donors (Lipinski definition) is 3. The van der Waals surface area contributed by atoms with Crippen LogP contribution in [0.15, 0.2) is 41.8 Å². The molecule has 1 unspecified atom stereocenters. The van der Waals surface area contributed by atoms with E-state index >= 15 is 0 Å². The van der Waals surface area contributed by atoms with Crippen molar-refractivity contribution in [2.24, 2.45) is 0 Å². The van der Waals surface area contributed by atoms with Gasteiger partial charge in [0.2, 0.25) is 0 Å². The lowest BCUT2D eigenvalue weighted by atomic mass is 10.2. The molecular weight excluding hydrogens is 258 g/mol. The molecule has 1 atom stereocenters. The van der Waals surface area contributed by atoms with Crippen molar-refractivity contribution in [1.82, 2.24) is 5.32 Å². The summed E-state index contributed by atoms with van der Waals surface area (Å²) in [6, 6.07) is 11.0. The molecule has 1 aromatic heterocycles. The molecule has 0 saturated heterocycles. The lowest BCUT2D eigenvalue weighted by Gasteiger charge is -2.16. The Labute approximate surface area is 116 Å². The molecular formula is C14H17N3OS. The number of nitrogens with two attached hydrogens (primary N) is 1. The van der Waals surface area contributed by atoms with Crippen molar-refractivity contribution in [2.45, 2.75) is 19.4 Å². The quantitative estimate of drug-likeness (QED) is 0.746. The molecule has 2 rings (SSSR count). The zero-order valence-electron chi connectivity index (χ0n) is 10.7. The second kappa shape index (κ2) is 6.24. The normalized spacial score (nSPS) is 11.8. The van der Waals surface area contributed by atoms with Crippen molar-refractivity contribution in [3.8, 4) is 0 Å². The average molecular weight is 275 g/mol. The fourth-order valence-electron chi connectivity index (χ4n) is 1.81. The van der Waals surface area contributed by atoms with Crippen LogP contribution in [0, 0.1) is 0 Å². The number of nitrogens with one attached hydrogen (secondary N) is 2. The summed E-state index contributed by atoms with van der Waals surface area (Å²) in [5.74, 6) is 0. The van der Waals surface area contributed by atoms with Gasteiger partial charge in [0.25, 0.3) is 0 Å². The lowest BCUT2D eigenvalue weighted by molar-refractivity contribution is 0.248. The van der Waals surface area contributed by atoms with E-state index in [0.29, 0.717) is 11.4 Å². The smallest absolute Gasteiger partial charge is 0.319 e. The first-order chi connectivity index (χ1) is 9.19. The standard InChI is InChI=1S/C14H17N3OS/c1-2-12(13-7-4-8-19-13)17-14(18)16-11-6-3-5-10(15)9-11/h3-9,12H,2,15H2,1H3,(H2,16,17,18). The maximum atomic E-state index is 11.9. The van der Waals surface area contributed by atoms with Crippen molar-refractivity contribution in [3.63, 3.8) is 0 Å². The van der Waals surface area contributed by atoms with Crippen molar-refractivity contribution < 1.29 is 4.79 Å². The van der Waals surface area contributed by atoms with Crippen molar-refractivity contribution in [3.05, 3.63) is 46.7 Å². The molecule has 4 N–H and O–H groups in total. The van der Waals surface area contributed by atoms with E-state index in [9.17, 15) is 4.79 Å². The molecule has 5 heteroatoms. The predicted molar refractivity (Wildman–Crippen MR) is 80.4 cm³/mol. The van der Waals surface area contributed by atoms with Crippen LogP contribution >= 0.6 is 11.3 Å². The lowest BCUT2D eigenvalue weighted by Crippen LogP contribution is -2.31. The number of hydrogen-bond acceptors (Lipinski definition) is 3. The molecule has 2 amide bonds. The third kappa shape index (κ3) is 3.72. The van der Waals surface area contributed by atoms with Crippen molar-refractivity contribution >= 4 is 28.7 Å². The summed E-state index contributed by atoms with van der Waals surface area (Å²) >= 11 is 1.64. The average Bonchev–Trinajstić information content (AvgIpc) is 2.89. The molecule has 0 aliphatic heterocycles. The van der Waals surface area contributed by atoms with E-state index in [1.54, 1.807) is 23.5 Å². The number of thiophene rings is 1. The molecule has 0 aliphatic carbocycles. The van der Waals surface area contributed by atoms with Gasteiger partial charge >= 0.3 is 6.03 Å². The highest BCUT2D eigenvalue weighted by Crippen LogP contribution is 2.21. The summed E-state index contributed by atoms with van der Waals surface area (Å²) in [6.07, 6.45) is 0.852. The zero-order chi connectivity index (χ0) is 13.7. The number of rotatable bonds is 4. The SMILES string of the molecule is CCC(NC(=O)Nc1cccc(N)c1)c1cccs1. The maximum Gasteiger partial charge on any atom is 0.319 e. The van der Waals surface area contributed by atoms with Crippen LogP contribution in [-0.2, 0) is 0 Å². The molecule has 0 aliphatic rings. The number of nitrogen functional groups attached to an aromatic ring is 1. The summed E-state index contributed by atoms with van der Waals surface area (Å²) in [6.45, 7) is 2.05. The molecule has 2 aromatic rings. The summed E-state index contributed by atoms with van der Waals surface area (Å²) in [5, 5.41) is 7.75. The highest BCUT2D eigenvalue weighted by Gasteiger charge is 2.13. The largest absolute Gasteiger partial charge is 0.399 e. The molecule has 4 nitrogen and oxygen atoms in total. The Balaban J connectivity index is 1.97. The first kappa shape index (κ1) is 13.4. The van der Waals surface area contributed by atoms with Gasteiger partial charge in [-0.05, 0) is 36.1 Å². The molecule has 0 bridgehead atoms. The third-order valence-electron chi connectivity index (χ3n) is 2.74. The molecule has 0 fully saturated rings. The third-order valence-corrected chi connectivity index (χ3v) is 3.73. The summed E-state index contributed by atoms with van der Waals surface area (Å²) < 4.78 is 0. The number of carbonyl (C=O) groups excluding carboxylic acids is 1. The number of amides is 2. The van der Waals surface area contributed by atoms with Crippen LogP contribution in [0.1, 0.15) is 24.3 Å². The van der Waals surface area contributed by atoms with Gasteiger partial charge in [-0.3, -0.25) is 0 Å². The number of carbonyl (C=O) groups is 1. The minimum atomic E-state index is -0.217. The topological polar surface area (TPSA) is 67.2 Å². The van der Waals surface area contributed by atoms with E-state index in [2.05, 4.69) is 10.6 Å². The van der Waals surface area contributed by atoms with Gasteiger partial charge < -0.3 is 16.4 Å². The second-order valence-corrected chi connectivity index (χ2v) is 5.18. The Morgan fingerprint density at radius 2 is 2.21 bits per heavy atom. The highest BCUT2D eigenvalue weighted by atomic mass is 32.1. The Hall–Kier alpha value is -2.01. The molecule has 1 heterocycles. The number of urea groups is 1. The van der Waals surface area contributed by atoms with Crippen LogP contribution in [-0.4, -0.2) is 6.03 Å². The van der Waals surface area contributed by atoms with E-state index in [-0.39, 0.29) is 12.1 Å². The first-order valence-corrected chi connectivity index (χ1v) is 7.03. The molecule has 0 spiro atoms. The minimum Gasteiger partial charge on any atom is -0.399 e. The summed E-state index contributed by atoms with van der Waals surface area (Å²) in [5.41, 5.74) is 6.99. The van der Waals surface area contributed by atoms with E-state index in [0.717, 1.165) is 11.3 Å². The van der Waals surface area contributed by atoms with Gasteiger partial charge in [-0.25, -0.2) is 4.79 Å². The van der Waals surface area contributed by atoms with Gasteiger partial charge in [0.15, 0.2) is 0 Å². The first-order valence-electron chi connectivity index (χ1n) is 6.15. The van der Waals surface area contributed by atoms with E-state index < -0.39 is 0 Å². The summed E-state index contributed by atoms with van der Waals surface area (Å²) in [7, 11) is 0. The van der Waals surface area contributed by atoms with Crippen LogP contribution in [0.5, 0.6) is 0 Å². The Morgan fingerprint density at radius 3 is 2.84 bits per heavy atom. The van der Waals surface area contributed by atoms with Crippen LogP contribution in [0.4, 0.5) is 16.2 Å². The Morgan fingerprint density at radius 1 is 1.37 bits per heavy atom. The van der Waals surface area contributed by atoms with Crippen LogP contribution in [0.25, 0.3) is 0 Å². The fourth-order valence-corrected chi connectivity index (χ4v) is 2.67. The summed E-state index contributed by atoms with van der Waals surface area (Å²) in [4.78, 5) is 13.1. The molecule has 100 valence electrons. The number of anilines is 2. The zero-order valence-corrected chi connectivity index (χ0v) is 11.5. The number of benzene rings is 1. The Bertz CT molecular complexity index is 539. The fraction of sp³-hybridized carbons (Fsp3) is 0.214. The Kier molecular flexibility index (Phi) is 4.41. The van der Waals surface area contributed by atoms with Crippen LogP contribution < -0.4 is 16.4 Å². The van der Waals surface area contributed by atoms with E-state index in [4.69, 9.17) is 5.73 Å². The van der Waals surface area contributed by atoms with Gasteiger partial charge in [0.1, 0.15) is 0 Å². The van der Waals surface area contributed by atoms with Gasteiger partial charge in [-0.1, -0.05) is 19.1 Å².